The van der Waals surface area contributed by atoms with E-state index in [-0.39, 0.29) is 17.6 Å². The third kappa shape index (κ3) is 1.59. The zero-order valence-corrected chi connectivity index (χ0v) is 9.79. The second kappa shape index (κ2) is 3.97. The highest BCUT2D eigenvalue weighted by Gasteiger charge is 2.40. The van der Waals surface area contributed by atoms with E-state index in [4.69, 9.17) is 11.6 Å². The summed E-state index contributed by atoms with van der Waals surface area (Å²) in [7, 11) is 0. The summed E-state index contributed by atoms with van der Waals surface area (Å²) in [4.78, 5) is 12.1. The van der Waals surface area contributed by atoms with Crippen molar-refractivity contribution in [1.29, 1.82) is 0 Å². The van der Waals surface area contributed by atoms with Crippen LogP contribution < -0.4 is 0 Å². The van der Waals surface area contributed by atoms with Gasteiger partial charge >= 0.3 is 0 Å². The van der Waals surface area contributed by atoms with Crippen LogP contribution in [-0.2, 0) is 0 Å². The van der Waals surface area contributed by atoms with Gasteiger partial charge in [-0.2, -0.15) is 0 Å². The van der Waals surface area contributed by atoms with Crippen molar-refractivity contribution in [1.82, 2.24) is 0 Å². The average Bonchev–Trinajstić information content (AvgIpc) is 2.52. The van der Waals surface area contributed by atoms with Crippen molar-refractivity contribution in [3.05, 3.63) is 35.4 Å². The number of hydrogen-bond donors (Lipinski definition) is 0. The van der Waals surface area contributed by atoms with Crippen molar-refractivity contribution in [2.45, 2.75) is 19.8 Å². The molecule has 15 heavy (non-hydrogen) atoms. The lowest BCUT2D eigenvalue weighted by Gasteiger charge is -2.20. The molecule has 2 heteroatoms. The molecule has 0 saturated carbocycles. The highest BCUT2D eigenvalue weighted by molar-refractivity contribution is 6.19. The van der Waals surface area contributed by atoms with Gasteiger partial charge in [0.25, 0.3) is 0 Å². The smallest absolute Gasteiger partial charge is 0.167 e. The SMILES string of the molecule is CC(C)C1C(=O)c2ccccc2C1CCl. The van der Waals surface area contributed by atoms with E-state index < -0.39 is 0 Å². The van der Waals surface area contributed by atoms with Crippen LogP contribution in [0.25, 0.3) is 0 Å². The maximum atomic E-state index is 12.1. The number of carbonyl (C=O) groups excluding carboxylic acids is 1. The van der Waals surface area contributed by atoms with Gasteiger partial charge in [-0.3, -0.25) is 4.79 Å². The third-order valence-electron chi connectivity index (χ3n) is 3.25. The Morgan fingerprint density at radius 2 is 2.00 bits per heavy atom. The summed E-state index contributed by atoms with van der Waals surface area (Å²) in [6.07, 6.45) is 0. The summed E-state index contributed by atoms with van der Waals surface area (Å²) in [6.45, 7) is 4.18. The van der Waals surface area contributed by atoms with E-state index in [1.165, 1.54) is 0 Å². The molecule has 1 aliphatic carbocycles. The van der Waals surface area contributed by atoms with E-state index in [0.29, 0.717) is 11.8 Å². The number of rotatable bonds is 2. The number of Topliss-reactive ketones (excluding diaryl/α,β-unsaturated/α-hetero) is 1. The number of hydrogen-bond acceptors (Lipinski definition) is 1. The first-order valence-corrected chi connectivity index (χ1v) is 5.89. The molecular formula is C13H15ClO. The van der Waals surface area contributed by atoms with Gasteiger partial charge < -0.3 is 0 Å². The number of halogens is 1. The Balaban J connectivity index is 2.48. The highest BCUT2D eigenvalue weighted by atomic mass is 35.5. The fourth-order valence-electron chi connectivity index (χ4n) is 2.55. The van der Waals surface area contributed by atoms with Gasteiger partial charge in [-0.15, -0.1) is 11.6 Å². The Morgan fingerprint density at radius 3 is 2.60 bits per heavy atom. The molecule has 1 aromatic carbocycles. The van der Waals surface area contributed by atoms with Crippen molar-refractivity contribution in [2.75, 3.05) is 5.88 Å². The van der Waals surface area contributed by atoms with E-state index in [2.05, 4.69) is 13.8 Å². The maximum Gasteiger partial charge on any atom is 0.167 e. The quantitative estimate of drug-likeness (QED) is 0.701. The van der Waals surface area contributed by atoms with Crippen LogP contribution in [0.5, 0.6) is 0 Å². The molecule has 1 aliphatic rings. The third-order valence-corrected chi connectivity index (χ3v) is 3.58. The maximum absolute atomic E-state index is 12.1. The molecule has 0 spiro atoms. The van der Waals surface area contributed by atoms with Crippen LogP contribution in [0.15, 0.2) is 24.3 Å². The molecule has 0 saturated heterocycles. The number of ketones is 1. The Hall–Kier alpha value is -0.820. The van der Waals surface area contributed by atoms with Crippen LogP contribution in [0.4, 0.5) is 0 Å². The first kappa shape index (κ1) is 10.7. The molecule has 0 N–H and O–H groups in total. The monoisotopic (exact) mass is 222 g/mol. The van der Waals surface area contributed by atoms with Gasteiger partial charge in [-0.1, -0.05) is 38.1 Å². The number of alkyl halides is 1. The standard InChI is InChI=1S/C13H15ClO/c1-8(2)12-11(7-14)9-5-3-4-6-10(9)13(12)15/h3-6,8,11-12H,7H2,1-2H3. The van der Waals surface area contributed by atoms with E-state index in [1.54, 1.807) is 0 Å². The summed E-state index contributed by atoms with van der Waals surface area (Å²) in [5, 5.41) is 0. The zero-order valence-electron chi connectivity index (χ0n) is 9.03. The van der Waals surface area contributed by atoms with Gasteiger partial charge in [0.05, 0.1) is 0 Å². The first-order chi connectivity index (χ1) is 7.16. The van der Waals surface area contributed by atoms with Crippen LogP contribution in [0.2, 0.25) is 0 Å². The lowest BCUT2D eigenvalue weighted by Crippen LogP contribution is -2.20. The minimum absolute atomic E-state index is 0.0694. The van der Waals surface area contributed by atoms with Crippen molar-refractivity contribution >= 4 is 17.4 Å². The first-order valence-electron chi connectivity index (χ1n) is 5.36. The van der Waals surface area contributed by atoms with Crippen LogP contribution in [-0.4, -0.2) is 11.7 Å². The fourth-order valence-corrected chi connectivity index (χ4v) is 2.91. The normalized spacial score (nSPS) is 24.7. The zero-order chi connectivity index (χ0) is 11.0. The molecule has 0 heterocycles. The van der Waals surface area contributed by atoms with E-state index in [0.717, 1.165) is 11.1 Å². The topological polar surface area (TPSA) is 17.1 Å². The van der Waals surface area contributed by atoms with Gasteiger partial charge in [-0.05, 0) is 11.5 Å². The van der Waals surface area contributed by atoms with Gasteiger partial charge in [0.2, 0.25) is 0 Å². The molecule has 1 aromatic rings. The van der Waals surface area contributed by atoms with Crippen molar-refractivity contribution in [2.24, 2.45) is 11.8 Å². The molecule has 1 nitrogen and oxygen atoms in total. The molecule has 2 unspecified atom stereocenters. The van der Waals surface area contributed by atoms with E-state index in [9.17, 15) is 4.79 Å². The molecular weight excluding hydrogens is 208 g/mol. The second-order valence-corrected chi connectivity index (χ2v) is 4.79. The van der Waals surface area contributed by atoms with Gasteiger partial charge in [0, 0.05) is 23.3 Å². The molecule has 2 atom stereocenters. The number of fused-ring (bicyclic) bond motifs is 1. The van der Waals surface area contributed by atoms with E-state index in [1.807, 2.05) is 24.3 Å². The lowest BCUT2D eigenvalue weighted by atomic mass is 9.85. The Morgan fingerprint density at radius 1 is 1.33 bits per heavy atom. The average molecular weight is 223 g/mol. The summed E-state index contributed by atoms with van der Waals surface area (Å²) in [5.74, 6) is 1.43. The summed E-state index contributed by atoms with van der Waals surface area (Å²) in [5.41, 5.74) is 2.01. The number of benzene rings is 1. The molecule has 0 bridgehead atoms. The van der Waals surface area contributed by atoms with Crippen LogP contribution in [0.3, 0.4) is 0 Å². The lowest BCUT2D eigenvalue weighted by molar-refractivity contribution is 0.0891. The second-order valence-electron chi connectivity index (χ2n) is 4.48. The van der Waals surface area contributed by atoms with Crippen LogP contribution in [0.1, 0.15) is 35.7 Å². The predicted molar refractivity (Wildman–Crippen MR) is 62.6 cm³/mol. The molecule has 0 fully saturated rings. The summed E-state index contributed by atoms with van der Waals surface area (Å²) in [6, 6.07) is 7.85. The van der Waals surface area contributed by atoms with Crippen molar-refractivity contribution in [3.8, 4) is 0 Å². The minimum atomic E-state index is 0.0694. The molecule has 0 amide bonds. The van der Waals surface area contributed by atoms with Crippen LogP contribution >= 0.6 is 11.6 Å². The largest absolute Gasteiger partial charge is 0.294 e. The Kier molecular flexibility index (Phi) is 2.83. The van der Waals surface area contributed by atoms with Crippen molar-refractivity contribution < 1.29 is 4.79 Å². The van der Waals surface area contributed by atoms with Gasteiger partial charge in [-0.25, -0.2) is 0 Å². The van der Waals surface area contributed by atoms with Crippen molar-refractivity contribution in [3.63, 3.8) is 0 Å². The predicted octanol–water partition coefficient (Wildman–Crippen LogP) is 3.48. The number of carbonyl (C=O) groups is 1. The molecule has 0 aromatic heterocycles. The minimum Gasteiger partial charge on any atom is -0.294 e. The molecule has 0 radical (unpaired) electrons. The highest BCUT2D eigenvalue weighted by Crippen LogP contribution is 2.42. The molecule has 0 aliphatic heterocycles. The summed E-state index contributed by atoms with van der Waals surface area (Å²) < 4.78 is 0. The van der Waals surface area contributed by atoms with Gasteiger partial charge in [0.1, 0.15) is 0 Å². The molecule has 2 rings (SSSR count). The Labute approximate surface area is 95.4 Å². The Bertz CT molecular complexity index is 384. The van der Waals surface area contributed by atoms with Crippen LogP contribution in [0, 0.1) is 11.8 Å². The molecule has 80 valence electrons. The fraction of sp³-hybridized carbons (Fsp3) is 0.462. The summed E-state index contributed by atoms with van der Waals surface area (Å²) >= 11 is 5.99. The van der Waals surface area contributed by atoms with Gasteiger partial charge in [0.15, 0.2) is 5.78 Å². The van der Waals surface area contributed by atoms with E-state index >= 15 is 0 Å².